The molecule has 21 heteroatoms. The lowest BCUT2D eigenvalue weighted by Gasteiger charge is -2.49. The lowest BCUT2D eigenvalue weighted by atomic mass is 9.65. The SMILES string of the molecule is CN=C(N)N[C@H]1CC[C@@H]2c3c(c4c(c(O)c31)C(=O)c1c(O[C@@H]3O[C@H](CO)[C@](O)(C[C@H](CN5C(=O)C=CC5=O)C5=CCNC(N)=C5)[C@H](O)[C@H]3O)cc(OC)cc1C4=O)CC[C@H](CCO)[C@H]2C1=CNC(N)C=C1. The van der Waals surface area contributed by atoms with Gasteiger partial charge >= 0.3 is 0 Å². The Morgan fingerprint density at radius 2 is 1.80 bits per heavy atom. The molecule has 1 unspecified atom stereocenters. The van der Waals surface area contributed by atoms with Crippen LogP contribution in [-0.2, 0) is 20.7 Å². The van der Waals surface area contributed by atoms with Crippen molar-refractivity contribution >= 4 is 29.3 Å². The minimum absolute atomic E-state index is 0.00959. The van der Waals surface area contributed by atoms with Gasteiger partial charge in [-0.1, -0.05) is 12.2 Å². The first kappa shape index (κ1) is 49.4. The highest BCUT2D eigenvalue weighted by molar-refractivity contribution is 6.31. The number of ether oxygens (including phenoxy) is 3. The molecule has 3 aliphatic carbocycles. The molecule has 0 aromatic heterocycles. The van der Waals surface area contributed by atoms with Crippen LogP contribution < -0.4 is 42.6 Å². The van der Waals surface area contributed by atoms with E-state index in [4.69, 9.17) is 31.4 Å². The number of ketones is 2. The average molecular weight is 981 g/mol. The van der Waals surface area contributed by atoms with Crippen LogP contribution in [0.4, 0.5) is 0 Å². The molecule has 71 heavy (non-hydrogen) atoms. The Morgan fingerprint density at radius 3 is 2.46 bits per heavy atom. The molecule has 15 N–H and O–H groups in total. The maximum atomic E-state index is 15.3. The number of hydrogen-bond acceptors (Lipinski definition) is 18. The number of imide groups is 1. The van der Waals surface area contributed by atoms with Crippen LogP contribution in [-0.4, -0.2) is 142 Å². The van der Waals surface area contributed by atoms with Gasteiger partial charge in [-0.15, -0.1) is 0 Å². The first-order valence-electron chi connectivity index (χ1n) is 23.7. The van der Waals surface area contributed by atoms with Gasteiger partial charge < -0.3 is 78.0 Å². The normalized spacial score (nSPS) is 30.5. The standard InChI is InChI=1S/C50H60N8O13/c1-54-49(53)57-30-7-6-27-37(24-4-8-33(51)56-19-24)22(12-14-59)3-5-28-38(27)41(30)45(65)42-40(28)43(63)29-16-26(69-2)17-31(39(29)44(42)64)70-48-46(66)47(67)50(68,32(21-60)71-48)18-25(23-11-13-55-34(52)15-23)20-58-35(61)9-10-36(58)62/h4,8-11,15-17,19,22,25,27,30,32-33,37,46-48,55-56,59-60,65-68H,3,5-7,12-14,18,20-21,51-52H2,1-2H3,(H3,53,54,57)/t22-,25-,27+,30+,32-,33?,37+,46-,47-,48-,50-/m1/s1. The van der Waals surface area contributed by atoms with Crippen molar-refractivity contribution in [3.63, 3.8) is 0 Å². The van der Waals surface area contributed by atoms with Gasteiger partial charge in [0.25, 0.3) is 11.8 Å². The number of hydrogen-bond donors (Lipinski definition) is 12. The molecular formula is C50H60N8O13. The zero-order chi connectivity index (χ0) is 50.6. The molecule has 0 bridgehead atoms. The zero-order valence-electron chi connectivity index (χ0n) is 39.2. The summed E-state index contributed by atoms with van der Waals surface area (Å²) in [6.45, 7) is -1.02. The fraction of sp³-hybridized carbons (Fsp3) is 0.460. The number of allylic oxidation sites excluding steroid dienone is 3. The number of rotatable bonds is 13. The third-order valence-corrected chi connectivity index (χ3v) is 15.2. The molecule has 0 radical (unpaired) electrons. The second-order valence-electron chi connectivity index (χ2n) is 19.1. The number of nitrogens with two attached hydrogens (primary N) is 3. The summed E-state index contributed by atoms with van der Waals surface area (Å²) >= 11 is 0. The average Bonchev–Trinajstić information content (AvgIpc) is 3.58. The minimum Gasteiger partial charge on any atom is -0.507 e. The Labute approximate surface area is 408 Å². The fourth-order valence-corrected chi connectivity index (χ4v) is 11.8. The van der Waals surface area contributed by atoms with Crippen LogP contribution in [0.3, 0.4) is 0 Å². The summed E-state index contributed by atoms with van der Waals surface area (Å²) in [6, 6.07) is 2.01. The van der Waals surface area contributed by atoms with Gasteiger partial charge in [0.2, 0.25) is 12.1 Å². The van der Waals surface area contributed by atoms with Crippen LogP contribution in [0.2, 0.25) is 0 Å². The largest absolute Gasteiger partial charge is 0.507 e. The number of guanidine groups is 1. The number of fused-ring (bicyclic) bond motifs is 3. The maximum absolute atomic E-state index is 15.3. The third-order valence-electron chi connectivity index (χ3n) is 15.2. The summed E-state index contributed by atoms with van der Waals surface area (Å²) in [7, 11) is 2.85. The number of nitrogens with zero attached hydrogens (tertiary/aromatic N) is 2. The Bertz CT molecular complexity index is 2710. The van der Waals surface area contributed by atoms with Gasteiger partial charge in [0.1, 0.15) is 41.2 Å². The van der Waals surface area contributed by atoms with E-state index in [0.717, 1.165) is 22.6 Å². The number of aliphatic hydroxyl groups is 5. The molecule has 2 aromatic carbocycles. The van der Waals surface area contributed by atoms with E-state index in [9.17, 15) is 40.2 Å². The third kappa shape index (κ3) is 8.64. The fourth-order valence-electron chi connectivity index (χ4n) is 11.8. The topological polar surface area (TPSA) is 347 Å². The van der Waals surface area contributed by atoms with Crippen LogP contribution in [0, 0.1) is 17.8 Å². The summed E-state index contributed by atoms with van der Waals surface area (Å²) in [5.74, 6) is -4.46. The van der Waals surface area contributed by atoms with Crippen molar-refractivity contribution in [3.8, 4) is 17.2 Å². The van der Waals surface area contributed by atoms with Gasteiger partial charge in [-0.2, -0.15) is 0 Å². The van der Waals surface area contributed by atoms with E-state index in [1.54, 1.807) is 12.2 Å². The van der Waals surface area contributed by atoms with Crippen LogP contribution in [0.1, 0.15) is 92.6 Å². The number of aromatic hydroxyl groups is 1. The molecule has 11 atom stereocenters. The minimum atomic E-state index is -2.45. The van der Waals surface area contributed by atoms with Crippen molar-refractivity contribution < 1.29 is 64.0 Å². The number of aliphatic hydroxyl groups excluding tert-OH is 4. The van der Waals surface area contributed by atoms with E-state index in [-0.39, 0.29) is 83.0 Å². The van der Waals surface area contributed by atoms with E-state index in [1.165, 1.54) is 26.3 Å². The number of benzene rings is 2. The molecular weight excluding hydrogens is 921 g/mol. The Kier molecular flexibility index (Phi) is 13.6. The number of amides is 2. The van der Waals surface area contributed by atoms with Gasteiger partial charge in [-0.3, -0.25) is 29.1 Å². The second-order valence-corrected chi connectivity index (χ2v) is 19.1. The predicted octanol–water partition coefficient (Wildman–Crippen LogP) is -0.672. The predicted molar refractivity (Wildman–Crippen MR) is 254 cm³/mol. The lowest BCUT2D eigenvalue weighted by Crippen LogP contribution is -2.68. The Balaban J connectivity index is 1.10. The van der Waals surface area contributed by atoms with E-state index >= 15 is 9.59 Å². The highest BCUT2D eigenvalue weighted by Gasteiger charge is 2.57. The smallest absolute Gasteiger partial charge is 0.253 e. The molecule has 2 amide bonds. The molecule has 9 rings (SSSR count). The van der Waals surface area contributed by atoms with Crippen LogP contribution in [0.25, 0.3) is 0 Å². The molecule has 21 nitrogen and oxygen atoms in total. The van der Waals surface area contributed by atoms with Crippen LogP contribution >= 0.6 is 0 Å². The second kappa shape index (κ2) is 19.5. The number of carbonyl (C=O) groups excluding carboxylic acids is 4. The highest BCUT2D eigenvalue weighted by Crippen LogP contribution is 2.57. The van der Waals surface area contributed by atoms with Crippen molar-refractivity contribution in [1.82, 2.24) is 20.9 Å². The molecule has 1 fully saturated rings. The van der Waals surface area contributed by atoms with Crippen molar-refractivity contribution in [3.05, 3.63) is 111 Å². The summed E-state index contributed by atoms with van der Waals surface area (Å²) < 4.78 is 17.9. The van der Waals surface area contributed by atoms with Gasteiger partial charge in [0, 0.05) is 73.8 Å². The van der Waals surface area contributed by atoms with Gasteiger partial charge in [0.15, 0.2) is 11.7 Å². The molecule has 2 aromatic rings. The van der Waals surface area contributed by atoms with Crippen LogP contribution in [0.5, 0.6) is 17.2 Å². The number of phenolic OH excluding ortho intramolecular Hbond substituents is 1. The van der Waals surface area contributed by atoms with Gasteiger partial charge in [-0.05, 0) is 96.8 Å². The van der Waals surface area contributed by atoms with E-state index in [0.29, 0.717) is 54.4 Å². The number of carbonyl (C=O) groups is 4. The van der Waals surface area contributed by atoms with Crippen molar-refractivity contribution in [2.45, 2.75) is 86.9 Å². The van der Waals surface area contributed by atoms with E-state index in [1.807, 2.05) is 18.4 Å². The first-order chi connectivity index (χ1) is 34.0. The van der Waals surface area contributed by atoms with Crippen LogP contribution in [0.15, 0.2) is 76.7 Å². The lowest BCUT2D eigenvalue weighted by molar-refractivity contribution is -0.316. The van der Waals surface area contributed by atoms with E-state index < -0.39 is 90.5 Å². The molecule has 0 spiro atoms. The number of aliphatic imine (C=N–C) groups is 1. The van der Waals surface area contributed by atoms with Gasteiger partial charge in [0.05, 0.1) is 42.9 Å². The molecule has 0 saturated carbocycles. The summed E-state index contributed by atoms with van der Waals surface area (Å²) in [5.41, 5.74) is 18.4. The van der Waals surface area contributed by atoms with Gasteiger partial charge in [-0.25, -0.2) is 0 Å². The molecule has 4 heterocycles. The summed E-state index contributed by atoms with van der Waals surface area (Å²) in [5, 5.41) is 79.1. The Morgan fingerprint density at radius 1 is 1.04 bits per heavy atom. The molecule has 1 saturated heterocycles. The number of methoxy groups -OCH3 is 1. The highest BCUT2D eigenvalue weighted by atomic mass is 16.7. The molecule has 4 aliphatic heterocycles. The number of phenols is 1. The first-order valence-corrected chi connectivity index (χ1v) is 23.7. The number of nitrogens with one attached hydrogen (secondary N) is 3. The van der Waals surface area contributed by atoms with Crippen molar-refractivity contribution in [2.75, 3.05) is 40.5 Å². The monoisotopic (exact) mass is 980 g/mol. The van der Waals surface area contributed by atoms with E-state index in [2.05, 4.69) is 20.9 Å². The zero-order valence-corrected chi connectivity index (χ0v) is 39.2. The molecule has 7 aliphatic rings. The quantitative estimate of drug-likeness (QED) is 0.0574. The molecule has 378 valence electrons. The summed E-state index contributed by atoms with van der Waals surface area (Å²) in [4.78, 5) is 61.1. The summed E-state index contributed by atoms with van der Waals surface area (Å²) in [6.07, 6.45) is 4.81. The Hall–Kier alpha value is -6.59. The number of dihydropyridines is 2. The van der Waals surface area contributed by atoms with Crippen molar-refractivity contribution in [2.24, 2.45) is 39.9 Å². The van der Waals surface area contributed by atoms with Crippen molar-refractivity contribution in [1.29, 1.82) is 0 Å². The maximum Gasteiger partial charge on any atom is 0.253 e.